The van der Waals surface area contributed by atoms with E-state index in [1.54, 1.807) is 4.90 Å². The van der Waals surface area contributed by atoms with Crippen LogP contribution in [0.4, 0.5) is 10.1 Å². The molecule has 15 heavy (non-hydrogen) atoms. The summed E-state index contributed by atoms with van der Waals surface area (Å²) in [5.74, 6) is -1.42. The van der Waals surface area contributed by atoms with Crippen molar-refractivity contribution in [3.8, 4) is 0 Å². The molecule has 0 spiro atoms. The van der Waals surface area contributed by atoms with Gasteiger partial charge in [-0.1, -0.05) is 0 Å². The lowest BCUT2D eigenvalue weighted by atomic mass is 10.2. The number of hydrogen-bond acceptors (Lipinski definition) is 2. The van der Waals surface area contributed by atoms with Crippen LogP contribution in [0, 0.1) is 5.82 Å². The summed E-state index contributed by atoms with van der Waals surface area (Å²) in [5, 5.41) is 8.79. The Bertz CT molecular complexity index is 362. The molecular formula is C11H14FNO2. The molecule has 0 radical (unpaired) electrons. The van der Waals surface area contributed by atoms with E-state index in [1.807, 2.05) is 13.8 Å². The fraction of sp³-hybridized carbons (Fsp3) is 0.364. The third-order valence-electron chi connectivity index (χ3n) is 2.30. The number of anilines is 1. The molecule has 0 aliphatic rings. The number of halogens is 1. The van der Waals surface area contributed by atoms with E-state index < -0.39 is 5.97 Å². The van der Waals surface area contributed by atoms with Crippen LogP contribution in [0.15, 0.2) is 18.2 Å². The largest absolute Gasteiger partial charge is 0.478 e. The zero-order chi connectivity index (χ0) is 11.4. The quantitative estimate of drug-likeness (QED) is 0.831. The average molecular weight is 211 g/mol. The minimum atomic E-state index is -1.04. The fourth-order valence-electron chi connectivity index (χ4n) is 1.45. The monoisotopic (exact) mass is 211 g/mol. The summed E-state index contributed by atoms with van der Waals surface area (Å²) in [5.41, 5.74) is 0.457. The molecule has 3 nitrogen and oxygen atoms in total. The van der Waals surface area contributed by atoms with Crippen LogP contribution in [-0.4, -0.2) is 24.2 Å². The first-order valence-corrected chi connectivity index (χ1v) is 4.88. The normalized spacial score (nSPS) is 10.1. The maximum absolute atomic E-state index is 13.4. The van der Waals surface area contributed by atoms with Crippen LogP contribution >= 0.6 is 0 Å². The van der Waals surface area contributed by atoms with Crippen LogP contribution in [-0.2, 0) is 0 Å². The first kappa shape index (κ1) is 11.5. The molecule has 0 aliphatic heterocycles. The molecule has 0 fully saturated rings. The van der Waals surface area contributed by atoms with Gasteiger partial charge in [0.15, 0.2) is 0 Å². The van der Waals surface area contributed by atoms with Crippen molar-refractivity contribution in [2.75, 3.05) is 18.0 Å². The molecule has 0 aliphatic carbocycles. The van der Waals surface area contributed by atoms with E-state index >= 15 is 0 Å². The standard InChI is InChI=1S/C11H14FNO2/c1-3-13(4-2)10-7-8(11(14)15)5-6-9(10)12/h5-7H,3-4H2,1-2H3,(H,14,15). The second kappa shape index (κ2) is 4.77. The molecule has 0 heterocycles. The number of carboxylic acids is 1. The molecule has 1 rings (SSSR count). The van der Waals surface area contributed by atoms with Crippen molar-refractivity contribution in [3.05, 3.63) is 29.6 Å². The van der Waals surface area contributed by atoms with E-state index in [1.165, 1.54) is 18.2 Å². The van der Waals surface area contributed by atoms with Crippen molar-refractivity contribution < 1.29 is 14.3 Å². The minimum absolute atomic E-state index is 0.110. The number of aromatic carboxylic acids is 1. The molecule has 0 unspecified atom stereocenters. The highest BCUT2D eigenvalue weighted by Crippen LogP contribution is 2.20. The van der Waals surface area contributed by atoms with Gasteiger partial charge in [0.05, 0.1) is 11.3 Å². The van der Waals surface area contributed by atoms with Crippen molar-refractivity contribution in [3.63, 3.8) is 0 Å². The summed E-state index contributed by atoms with van der Waals surface area (Å²) in [6.45, 7) is 5.10. The van der Waals surface area contributed by atoms with Gasteiger partial charge in [0.2, 0.25) is 0 Å². The van der Waals surface area contributed by atoms with Gasteiger partial charge in [-0.05, 0) is 32.0 Å². The van der Waals surface area contributed by atoms with Gasteiger partial charge in [0.25, 0.3) is 0 Å². The Morgan fingerprint density at radius 1 is 1.40 bits per heavy atom. The molecule has 0 saturated carbocycles. The molecule has 82 valence electrons. The minimum Gasteiger partial charge on any atom is -0.478 e. The Labute approximate surface area is 88.1 Å². The molecule has 0 bridgehead atoms. The van der Waals surface area contributed by atoms with E-state index in [2.05, 4.69) is 0 Å². The third kappa shape index (κ3) is 2.46. The Morgan fingerprint density at radius 3 is 2.47 bits per heavy atom. The topological polar surface area (TPSA) is 40.5 Å². The number of carbonyl (C=O) groups is 1. The van der Waals surface area contributed by atoms with Gasteiger partial charge in [0.1, 0.15) is 5.82 Å². The SMILES string of the molecule is CCN(CC)c1cc(C(=O)O)ccc1F. The van der Waals surface area contributed by atoms with Crippen LogP contribution in [0.2, 0.25) is 0 Å². The van der Waals surface area contributed by atoms with Gasteiger partial charge in [-0.2, -0.15) is 0 Å². The molecule has 1 aromatic rings. The summed E-state index contributed by atoms with van der Waals surface area (Å²) < 4.78 is 13.4. The molecular weight excluding hydrogens is 197 g/mol. The molecule has 0 saturated heterocycles. The number of carboxylic acid groups (broad SMARTS) is 1. The maximum Gasteiger partial charge on any atom is 0.335 e. The van der Waals surface area contributed by atoms with E-state index in [0.29, 0.717) is 18.8 Å². The van der Waals surface area contributed by atoms with E-state index in [0.717, 1.165) is 0 Å². The molecule has 1 aromatic carbocycles. The van der Waals surface area contributed by atoms with Gasteiger partial charge in [-0.3, -0.25) is 0 Å². The Kier molecular flexibility index (Phi) is 3.66. The Morgan fingerprint density at radius 2 is 2.00 bits per heavy atom. The van der Waals surface area contributed by atoms with E-state index in [9.17, 15) is 9.18 Å². The van der Waals surface area contributed by atoms with Crippen molar-refractivity contribution in [1.82, 2.24) is 0 Å². The van der Waals surface area contributed by atoms with Crippen LogP contribution in [0.3, 0.4) is 0 Å². The maximum atomic E-state index is 13.4. The van der Waals surface area contributed by atoms with Gasteiger partial charge < -0.3 is 10.0 Å². The summed E-state index contributed by atoms with van der Waals surface area (Å²) in [7, 11) is 0. The van der Waals surface area contributed by atoms with Crippen molar-refractivity contribution in [2.45, 2.75) is 13.8 Å². The zero-order valence-electron chi connectivity index (χ0n) is 8.83. The van der Waals surface area contributed by atoms with E-state index in [4.69, 9.17) is 5.11 Å². The predicted octanol–water partition coefficient (Wildman–Crippen LogP) is 2.37. The molecule has 4 heteroatoms. The van der Waals surface area contributed by atoms with Crippen molar-refractivity contribution in [2.24, 2.45) is 0 Å². The van der Waals surface area contributed by atoms with Crippen molar-refractivity contribution >= 4 is 11.7 Å². The highest BCUT2D eigenvalue weighted by molar-refractivity contribution is 5.88. The number of rotatable bonds is 4. The summed E-state index contributed by atoms with van der Waals surface area (Å²) in [4.78, 5) is 12.5. The van der Waals surface area contributed by atoms with Gasteiger partial charge in [-0.15, -0.1) is 0 Å². The summed E-state index contributed by atoms with van der Waals surface area (Å²) in [6.07, 6.45) is 0. The number of nitrogens with zero attached hydrogens (tertiary/aromatic N) is 1. The van der Waals surface area contributed by atoms with Crippen LogP contribution in [0.5, 0.6) is 0 Å². The van der Waals surface area contributed by atoms with Gasteiger partial charge >= 0.3 is 5.97 Å². The number of benzene rings is 1. The molecule has 0 aromatic heterocycles. The summed E-state index contributed by atoms with van der Waals surface area (Å²) >= 11 is 0. The van der Waals surface area contributed by atoms with Gasteiger partial charge in [0, 0.05) is 13.1 Å². The van der Waals surface area contributed by atoms with Crippen molar-refractivity contribution in [1.29, 1.82) is 0 Å². The predicted molar refractivity (Wildman–Crippen MR) is 56.9 cm³/mol. The highest BCUT2D eigenvalue weighted by Gasteiger charge is 2.11. The smallest absolute Gasteiger partial charge is 0.335 e. The summed E-state index contributed by atoms with van der Waals surface area (Å²) in [6, 6.07) is 3.83. The Balaban J connectivity index is 3.15. The second-order valence-electron chi connectivity index (χ2n) is 3.14. The lowest BCUT2D eigenvalue weighted by molar-refractivity contribution is 0.0697. The average Bonchev–Trinajstić information content (AvgIpc) is 2.22. The fourth-order valence-corrected chi connectivity index (χ4v) is 1.45. The Hall–Kier alpha value is -1.58. The molecule has 0 amide bonds. The first-order valence-electron chi connectivity index (χ1n) is 4.88. The second-order valence-corrected chi connectivity index (χ2v) is 3.14. The lowest BCUT2D eigenvalue weighted by Gasteiger charge is -2.21. The van der Waals surface area contributed by atoms with Crippen LogP contribution in [0.1, 0.15) is 24.2 Å². The molecule has 0 atom stereocenters. The third-order valence-corrected chi connectivity index (χ3v) is 2.30. The number of hydrogen-bond donors (Lipinski definition) is 1. The van der Waals surface area contributed by atoms with Gasteiger partial charge in [-0.25, -0.2) is 9.18 Å². The lowest BCUT2D eigenvalue weighted by Crippen LogP contribution is -2.23. The van der Waals surface area contributed by atoms with Crippen LogP contribution < -0.4 is 4.90 Å². The van der Waals surface area contributed by atoms with Crippen LogP contribution in [0.25, 0.3) is 0 Å². The van der Waals surface area contributed by atoms with E-state index in [-0.39, 0.29) is 11.4 Å². The first-order chi connectivity index (χ1) is 7.10. The highest BCUT2D eigenvalue weighted by atomic mass is 19.1. The molecule has 1 N–H and O–H groups in total. The zero-order valence-corrected chi connectivity index (χ0v) is 8.83.